The summed E-state index contributed by atoms with van der Waals surface area (Å²) in [4.78, 5) is 0. The van der Waals surface area contributed by atoms with Crippen LogP contribution in [0.4, 0.5) is 5.69 Å². The largest absolute Gasteiger partial charge is 0.496 e. The van der Waals surface area contributed by atoms with E-state index < -0.39 is 0 Å². The molecule has 0 fully saturated rings. The average molecular weight is 238 g/mol. The van der Waals surface area contributed by atoms with E-state index in [0.29, 0.717) is 22.2 Å². The molecule has 0 aliphatic rings. The zero-order valence-electron chi connectivity index (χ0n) is 9.04. The second-order valence-corrected chi connectivity index (χ2v) is 3.89. The maximum atomic E-state index is 5.95. The van der Waals surface area contributed by atoms with E-state index in [-0.39, 0.29) is 0 Å². The number of aromatic amines is 1. The number of nitrogens with one attached hydrogen (secondary N) is 1. The van der Waals surface area contributed by atoms with Gasteiger partial charge in [0, 0.05) is 10.6 Å². The normalized spacial score (nSPS) is 10.4. The Hall–Kier alpha value is -1.68. The molecular formula is C11H12ClN3O. The molecule has 0 saturated heterocycles. The van der Waals surface area contributed by atoms with Crippen LogP contribution >= 0.6 is 11.6 Å². The van der Waals surface area contributed by atoms with Gasteiger partial charge in [-0.15, -0.1) is 0 Å². The van der Waals surface area contributed by atoms with E-state index in [1.165, 1.54) is 0 Å². The van der Waals surface area contributed by atoms with Crippen molar-refractivity contribution in [3.63, 3.8) is 0 Å². The highest BCUT2D eigenvalue weighted by Crippen LogP contribution is 2.35. The Morgan fingerprint density at radius 1 is 1.44 bits per heavy atom. The standard InChI is InChI=1S/C11H12ClN3O/c1-6-10(13)11(15-14-6)8-5-7(12)3-4-9(8)16-2/h3-5H,13H2,1-2H3,(H,14,15). The first-order valence-corrected chi connectivity index (χ1v) is 5.15. The number of ether oxygens (including phenoxy) is 1. The number of aryl methyl sites for hydroxylation is 1. The third kappa shape index (κ3) is 1.72. The monoisotopic (exact) mass is 237 g/mol. The summed E-state index contributed by atoms with van der Waals surface area (Å²) in [7, 11) is 1.60. The Balaban J connectivity index is 2.62. The maximum absolute atomic E-state index is 5.95. The van der Waals surface area contributed by atoms with E-state index >= 15 is 0 Å². The molecule has 16 heavy (non-hydrogen) atoms. The Labute approximate surface area is 98.4 Å². The molecule has 2 aromatic rings. The lowest BCUT2D eigenvalue weighted by Gasteiger charge is -2.07. The van der Waals surface area contributed by atoms with E-state index in [1.807, 2.05) is 6.92 Å². The minimum Gasteiger partial charge on any atom is -0.496 e. The molecule has 1 aromatic heterocycles. The highest BCUT2D eigenvalue weighted by atomic mass is 35.5. The number of hydrogen-bond acceptors (Lipinski definition) is 3. The molecule has 0 bridgehead atoms. The van der Waals surface area contributed by atoms with Gasteiger partial charge in [-0.3, -0.25) is 5.10 Å². The molecule has 0 saturated carbocycles. The first-order chi connectivity index (χ1) is 7.63. The van der Waals surface area contributed by atoms with Crippen molar-refractivity contribution in [3.8, 4) is 17.0 Å². The van der Waals surface area contributed by atoms with Crippen molar-refractivity contribution in [2.24, 2.45) is 0 Å². The first kappa shape index (κ1) is 10.8. The molecular weight excluding hydrogens is 226 g/mol. The van der Waals surface area contributed by atoms with Gasteiger partial charge >= 0.3 is 0 Å². The minimum atomic E-state index is 0.612. The van der Waals surface area contributed by atoms with Gasteiger partial charge in [0.1, 0.15) is 11.4 Å². The van der Waals surface area contributed by atoms with Gasteiger partial charge in [0.25, 0.3) is 0 Å². The van der Waals surface area contributed by atoms with E-state index in [2.05, 4.69) is 10.2 Å². The van der Waals surface area contributed by atoms with E-state index in [4.69, 9.17) is 22.1 Å². The van der Waals surface area contributed by atoms with Crippen LogP contribution in [0.3, 0.4) is 0 Å². The minimum absolute atomic E-state index is 0.612. The summed E-state index contributed by atoms with van der Waals surface area (Å²) >= 11 is 5.95. The zero-order chi connectivity index (χ0) is 11.7. The second kappa shape index (κ2) is 4.06. The van der Waals surface area contributed by atoms with Crippen LogP contribution in [0, 0.1) is 6.92 Å². The van der Waals surface area contributed by atoms with E-state index in [1.54, 1.807) is 25.3 Å². The van der Waals surface area contributed by atoms with Gasteiger partial charge in [0.2, 0.25) is 0 Å². The van der Waals surface area contributed by atoms with Gasteiger partial charge in [-0.05, 0) is 25.1 Å². The molecule has 0 spiro atoms. The highest BCUT2D eigenvalue weighted by Gasteiger charge is 2.14. The van der Waals surface area contributed by atoms with E-state index in [0.717, 1.165) is 11.3 Å². The predicted octanol–water partition coefficient (Wildman–Crippen LogP) is 2.63. The summed E-state index contributed by atoms with van der Waals surface area (Å²) in [6.07, 6.45) is 0. The Kier molecular flexibility index (Phi) is 2.75. The molecule has 0 aliphatic heterocycles. The summed E-state index contributed by atoms with van der Waals surface area (Å²) < 4.78 is 5.25. The lowest BCUT2D eigenvalue weighted by molar-refractivity contribution is 0.416. The van der Waals surface area contributed by atoms with Crippen molar-refractivity contribution in [3.05, 3.63) is 28.9 Å². The average Bonchev–Trinajstić information content (AvgIpc) is 2.60. The van der Waals surface area contributed by atoms with Crippen LogP contribution in [0.1, 0.15) is 5.69 Å². The summed E-state index contributed by atoms with van der Waals surface area (Å²) in [6, 6.07) is 5.34. The molecule has 2 rings (SSSR count). The third-order valence-corrected chi connectivity index (χ3v) is 2.65. The number of aromatic nitrogens is 2. The topological polar surface area (TPSA) is 63.9 Å². The van der Waals surface area contributed by atoms with Crippen LogP contribution in [0.25, 0.3) is 11.3 Å². The Morgan fingerprint density at radius 3 is 2.75 bits per heavy atom. The second-order valence-electron chi connectivity index (χ2n) is 3.46. The van der Waals surface area contributed by atoms with Crippen LogP contribution in [-0.4, -0.2) is 17.3 Å². The summed E-state index contributed by atoms with van der Waals surface area (Å²) in [5.74, 6) is 0.697. The molecule has 1 heterocycles. The fraction of sp³-hybridized carbons (Fsp3) is 0.182. The lowest BCUT2D eigenvalue weighted by Crippen LogP contribution is -1.92. The number of benzene rings is 1. The smallest absolute Gasteiger partial charge is 0.128 e. The van der Waals surface area contributed by atoms with Gasteiger partial charge < -0.3 is 10.5 Å². The molecule has 5 heteroatoms. The third-order valence-electron chi connectivity index (χ3n) is 2.41. The summed E-state index contributed by atoms with van der Waals surface area (Å²) in [5.41, 5.74) is 8.81. The van der Waals surface area contributed by atoms with Gasteiger partial charge in [-0.2, -0.15) is 5.10 Å². The number of H-pyrrole nitrogens is 1. The van der Waals surface area contributed by atoms with Crippen molar-refractivity contribution in [2.45, 2.75) is 6.92 Å². The van der Waals surface area contributed by atoms with Crippen molar-refractivity contribution in [1.82, 2.24) is 10.2 Å². The van der Waals surface area contributed by atoms with Crippen molar-refractivity contribution in [2.75, 3.05) is 12.8 Å². The molecule has 3 N–H and O–H groups in total. The number of halogens is 1. The predicted molar refractivity (Wildman–Crippen MR) is 64.7 cm³/mol. The zero-order valence-corrected chi connectivity index (χ0v) is 9.80. The Morgan fingerprint density at radius 2 is 2.19 bits per heavy atom. The molecule has 0 atom stereocenters. The fourth-order valence-corrected chi connectivity index (χ4v) is 1.68. The van der Waals surface area contributed by atoms with Gasteiger partial charge in [-0.1, -0.05) is 11.6 Å². The summed E-state index contributed by atoms with van der Waals surface area (Å²) in [5, 5.41) is 7.60. The molecule has 1 aromatic carbocycles. The SMILES string of the molecule is COc1ccc(Cl)cc1-c1n[nH]c(C)c1N. The first-order valence-electron chi connectivity index (χ1n) is 4.78. The summed E-state index contributed by atoms with van der Waals surface area (Å²) in [6.45, 7) is 1.86. The van der Waals surface area contributed by atoms with Crippen molar-refractivity contribution in [1.29, 1.82) is 0 Å². The number of nitrogens with two attached hydrogens (primary N) is 1. The lowest BCUT2D eigenvalue weighted by atomic mass is 10.1. The molecule has 0 unspecified atom stereocenters. The number of nitrogen functional groups attached to an aromatic ring is 1. The molecule has 84 valence electrons. The van der Waals surface area contributed by atoms with Crippen LogP contribution in [0.15, 0.2) is 18.2 Å². The molecule has 4 nitrogen and oxygen atoms in total. The van der Waals surface area contributed by atoms with Crippen molar-refractivity contribution < 1.29 is 4.74 Å². The van der Waals surface area contributed by atoms with Crippen LogP contribution in [0.5, 0.6) is 5.75 Å². The van der Waals surface area contributed by atoms with Crippen molar-refractivity contribution >= 4 is 17.3 Å². The molecule has 0 aliphatic carbocycles. The number of rotatable bonds is 2. The van der Waals surface area contributed by atoms with Gasteiger partial charge in [-0.25, -0.2) is 0 Å². The number of hydrogen-bond donors (Lipinski definition) is 2. The Bertz CT molecular complexity index is 522. The number of methoxy groups -OCH3 is 1. The highest BCUT2D eigenvalue weighted by molar-refractivity contribution is 6.31. The van der Waals surface area contributed by atoms with Crippen LogP contribution in [0.2, 0.25) is 5.02 Å². The number of nitrogens with zero attached hydrogens (tertiary/aromatic N) is 1. The maximum Gasteiger partial charge on any atom is 0.128 e. The fourth-order valence-electron chi connectivity index (χ4n) is 1.51. The van der Waals surface area contributed by atoms with Gasteiger partial charge in [0.15, 0.2) is 0 Å². The van der Waals surface area contributed by atoms with E-state index in [9.17, 15) is 0 Å². The van der Waals surface area contributed by atoms with Crippen LogP contribution in [-0.2, 0) is 0 Å². The van der Waals surface area contributed by atoms with Gasteiger partial charge in [0.05, 0.1) is 18.5 Å². The molecule has 0 amide bonds. The number of anilines is 1. The van der Waals surface area contributed by atoms with Crippen LogP contribution < -0.4 is 10.5 Å². The molecule has 0 radical (unpaired) electrons. The quantitative estimate of drug-likeness (QED) is 0.844.